The van der Waals surface area contributed by atoms with E-state index in [9.17, 15) is 14.7 Å². The van der Waals surface area contributed by atoms with Gasteiger partial charge in [-0.2, -0.15) is 0 Å². The van der Waals surface area contributed by atoms with Crippen molar-refractivity contribution in [2.24, 2.45) is 0 Å². The molecule has 0 aromatic rings. The predicted molar refractivity (Wildman–Crippen MR) is 76.5 cm³/mol. The van der Waals surface area contributed by atoms with E-state index in [2.05, 4.69) is 22.8 Å². The lowest BCUT2D eigenvalue weighted by Crippen LogP contribution is -2.58. The van der Waals surface area contributed by atoms with Crippen molar-refractivity contribution in [1.29, 1.82) is 0 Å². The third-order valence-corrected chi connectivity index (χ3v) is 4.32. The maximum Gasteiger partial charge on any atom is 0.329 e. The summed E-state index contributed by atoms with van der Waals surface area (Å²) in [6, 6.07) is -0.216. The largest absolute Gasteiger partial charge is 0.480 e. The monoisotopic (exact) mass is 280 g/mol. The van der Waals surface area contributed by atoms with Gasteiger partial charge in [0.05, 0.1) is 0 Å². The van der Waals surface area contributed by atoms with E-state index >= 15 is 0 Å². The molecule has 0 bridgehead atoms. The van der Waals surface area contributed by atoms with E-state index in [0.29, 0.717) is 12.8 Å². The van der Waals surface area contributed by atoms with Crippen LogP contribution in [0, 0.1) is 0 Å². The number of nitrogens with one attached hydrogen (secondary N) is 2. The first-order chi connectivity index (χ1) is 9.62. The molecule has 0 saturated heterocycles. The van der Waals surface area contributed by atoms with E-state index in [0.717, 1.165) is 44.9 Å². The Morgan fingerprint density at radius 3 is 2.35 bits per heavy atom. The van der Waals surface area contributed by atoms with Gasteiger partial charge < -0.3 is 15.7 Å². The summed E-state index contributed by atoms with van der Waals surface area (Å²) in [5.41, 5.74) is -1.08. The first-order valence-corrected chi connectivity index (χ1v) is 7.59. The van der Waals surface area contributed by atoms with E-state index in [1.54, 1.807) is 0 Å². The van der Waals surface area contributed by atoms with Crippen LogP contribution in [0.25, 0.3) is 0 Å². The highest BCUT2D eigenvalue weighted by Crippen LogP contribution is 2.27. The molecule has 3 N–H and O–H groups in total. The van der Waals surface area contributed by atoms with Crippen LogP contribution in [0.3, 0.4) is 0 Å². The van der Waals surface area contributed by atoms with Crippen molar-refractivity contribution < 1.29 is 14.7 Å². The van der Waals surface area contributed by atoms with Crippen LogP contribution in [0.2, 0.25) is 0 Å². The van der Waals surface area contributed by atoms with Crippen molar-refractivity contribution in [3.8, 4) is 0 Å². The highest BCUT2D eigenvalue weighted by molar-refractivity contribution is 5.86. The number of urea groups is 1. The molecule has 2 rings (SSSR count). The van der Waals surface area contributed by atoms with Crippen molar-refractivity contribution in [2.75, 3.05) is 0 Å². The van der Waals surface area contributed by atoms with Crippen LogP contribution < -0.4 is 10.6 Å². The van der Waals surface area contributed by atoms with Gasteiger partial charge in [0, 0.05) is 6.04 Å². The molecule has 0 heterocycles. The van der Waals surface area contributed by atoms with Crippen LogP contribution in [-0.4, -0.2) is 28.7 Å². The number of carbonyl (C=O) groups excluding carboxylic acids is 1. The fraction of sp³-hybridized carbons (Fsp3) is 0.733. The van der Waals surface area contributed by atoms with Crippen LogP contribution >= 0.6 is 0 Å². The number of carbonyl (C=O) groups is 2. The number of rotatable bonds is 3. The zero-order chi connectivity index (χ0) is 14.4. The zero-order valence-corrected chi connectivity index (χ0v) is 11.9. The first-order valence-electron chi connectivity index (χ1n) is 7.59. The minimum absolute atomic E-state index is 0.122. The van der Waals surface area contributed by atoms with Gasteiger partial charge in [0.25, 0.3) is 0 Å². The normalized spacial score (nSPS) is 25.5. The minimum Gasteiger partial charge on any atom is -0.480 e. The molecule has 2 amide bonds. The molecule has 5 heteroatoms. The fourth-order valence-electron chi connectivity index (χ4n) is 3.09. The topological polar surface area (TPSA) is 78.4 Å². The van der Waals surface area contributed by atoms with Gasteiger partial charge in [-0.05, 0) is 32.1 Å². The third kappa shape index (κ3) is 3.74. The van der Waals surface area contributed by atoms with E-state index in [1.807, 2.05) is 0 Å². The summed E-state index contributed by atoms with van der Waals surface area (Å²) in [6.45, 7) is 0. The second-order valence-corrected chi connectivity index (χ2v) is 5.88. The first kappa shape index (κ1) is 14.9. The van der Waals surface area contributed by atoms with Gasteiger partial charge in [-0.1, -0.05) is 37.8 Å². The van der Waals surface area contributed by atoms with Gasteiger partial charge in [-0.3, -0.25) is 0 Å². The Morgan fingerprint density at radius 1 is 1.10 bits per heavy atom. The number of carboxylic acids is 1. The van der Waals surface area contributed by atoms with Gasteiger partial charge in [0.2, 0.25) is 0 Å². The zero-order valence-electron chi connectivity index (χ0n) is 11.9. The number of amides is 2. The Bertz CT molecular complexity index is 385. The number of hydrogen-bond acceptors (Lipinski definition) is 2. The molecule has 0 spiro atoms. The van der Waals surface area contributed by atoms with Crippen LogP contribution in [-0.2, 0) is 4.79 Å². The highest BCUT2D eigenvalue weighted by atomic mass is 16.4. The lowest BCUT2D eigenvalue weighted by Gasteiger charge is -2.30. The van der Waals surface area contributed by atoms with Crippen molar-refractivity contribution >= 4 is 12.0 Å². The van der Waals surface area contributed by atoms with Gasteiger partial charge in [-0.25, -0.2) is 9.59 Å². The maximum atomic E-state index is 12.1. The summed E-state index contributed by atoms with van der Waals surface area (Å²) in [5, 5.41) is 15.2. The highest BCUT2D eigenvalue weighted by Gasteiger charge is 2.40. The van der Waals surface area contributed by atoms with Crippen molar-refractivity contribution in [1.82, 2.24) is 10.6 Å². The lowest BCUT2D eigenvalue weighted by molar-refractivity contribution is -0.145. The molecule has 2 aliphatic carbocycles. The molecule has 2 aliphatic rings. The predicted octanol–water partition coefficient (Wildman–Crippen LogP) is 2.57. The molecule has 0 radical (unpaired) electrons. The van der Waals surface area contributed by atoms with Crippen molar-refractivity contribution in [3.63, 3.8) is 0 Å². The summed E-state index contributed by atoms with van der Waals surface area (Å²) in [6.07, 6.45) is 11.8. The van der Waals surface area contributed by atoms with E-state index in [1.165, 1.54) is 0 Å². The summed E-state index contributed by atoms with van der Waals surface area (Å²) < 4.78 is 0. The van der Waals surface area contributed by atoms with Crippen molar-refractivity contribution in [2.45, 2.75) is 69.4 Å². The standard InChI is InChI=1S/C15H24N2O3/c18-13(19)15(10-6-1-2-7-11-15)17-14(20)16-12-8-4-3-5-9-12/h3-4,12H,1-2,5-11H2,(H,18,19)(H2,16,17,20). The van der Waals surface area contributed by atoms with Crippen LogP contribution in [0.1, 0.15) is 57.8 Å². The van der Waals surface area contributed by atoms with Crippen LogP contribution in [0.4, 0.5) is 4.79 Å². The molecule has 0 aromatic heterocycles. The Labute approximate surface area is 119 Å². The second-order valence-electron chi connectivity index (χ2n) is 5.88. The summed E-state index contributed by atoms with van der Waals surface area (Å²) in [4.78, 5) is 23.7. The molecular formula is C15H24N2O3. The molecule has 0 aliphatic heterocycles. The van der Waals surface area contributed by atoms with Gasteiger partial charge >= 0.3 is 12.0 Å². The molecule has 5 nitrogen and oxygen atoms in total. The SMILES string of the molecule is O=C(NC1CC=CCC1)NC1(C(=O)O)CCCCCC1. The quantitative estimate of drug-likeness (QED) is 0.549. The third-order valence-electron chi connectivity index (χ3n) is 4.32. The Morgan fingerprint density at radius 2 is 1.80 bits per heavy atom. The Hall–Kier alpha value is -1.52. The van der Waals surface area contributed by atoms with Crippen molar-refractivity contribution in [3.05, 3.63) is 12.2 Å². The molecule has 1 atom stereocenters. The summed E-state index contributed by atoms with van der Waals surface area (Å²) in [5.74, 6) is -0.905. The second kappa shape index (κ2) is 6.77. The van der Waals surface area contributed by atoms with E-state index in [-0.39, 0.29) is 12.1 Å². The molecule has 20 heavy (non-hydrogen) atoms. The molecular weight excluding hydrogens is 256 g/mol. The molecule has 1 fully saturated rings. The van der Waals surface area contributed by atoms with Crippen LogP contribution in [0.15, 0.2) is 12.2 Å². The number of carboxylic acid groups (broad SMARTS) is 1. The Balaban J connectivity index is 1.94. The van der Waals surface area contributed by atoms with E-state index in [4.69, 9.17) is 0 Å². The number of allylic oxidation sites excluding steroid dienone is 1. The summed E-state index contributed by atoms with van der Waals surface area (Å²) >= 11 is 0. The summed E-state index contributed by atoms with van der Waals surface area (Å²) in [7, 11) is 0. The average Bonchev–Trinajstić information content (AvgIpc) is 2.66. The molecule has 1 unspecified atom stereocenters. The van der Waals surface area contributed by atoms with E-state index < -0.39 is 11.5 Å². The molecule has 112 valence electrons. The van der Waals surface area contributed by atoms with Gasteiger partial charge in [0.15, 0.2) is 0 Å². The maximum absolute atomic E-state index is 12.1. The average molecular weight is 280 g/mol. The molecule has 0 aromatic carbocycles. The van der Waals surface area contributed by atoms with Gasteiger partial charge in [0.1, 0.15) is 5.54 Å². The number of aliphatic carboxylic acids is 1. The smallest absolute Gasteiger partial charge is 0.329 e. The fourth-order valence-corrected chi connectivity index (χ4v) is 3.09. The minimum atomic E-state index is -1.08. The lowest BCUT2D eigenvalue weighted by atomic mass is 9.90. The number of hydrogen-bond donors (Lipinski definition) is 3. The van der Waals surface area contributed by atoms with Crippen LogP contribution in [0.5, 0.6) is 0 Å². The molecule has 1 saturated carbocycles. The van der Waals surface area contributed by atoms with Gasteiger partial charge in [-0.15, -0.1) is 0 Å². The Kier molecular flexibility index (Phi) is 5.04.